The van der Waals surface area contributed by atoms with E-state index in [1.54, 1.807) is 11.7 Å². The number of aromatic nitrogens is 1. The minimum atomic E-state index is -0.392. The average Bonchev–Trinajstić information content (AvgIpc) is 2.83. The number of nitrogens with zero attached hydrogens (tertiary/aromatic N) is 1. The molecule has 0 atom stereocenters. The maximum Gasteiger partial charge on any atom is 0.424 e. The first-order valence-electron chi connectivity index (χ1n) is 6.63. The van der Waals surface area contributed by atoms with E-state index in [2.05, 4.69) is 0 Å². The highest BCUT2D eigenvalue weighted by molar-refractivity contribution is 5.60. The van der Waals surface area contributed by atoms with E-state index in [9.17, 15) is 4.79 Å². The van der Waals surface area contributed by atoms with E-state index in [-0.39, 0.29) is 0 Å². The van der Waals surface area contributed by atoms with Gasteiger partial charge in [0.05, 0.1) is 18.5 Å². The van der Waals surface area contributed by atoms with E-state index < -0.39 is 5.76 Å². The van der Waals surface area contributed by atoms with E-state index in [0.29, 0.717) is 5.76 Å². The van der Waals surface area contributed by atoms with Gasteiger partial charge in [0.15, 0.2) is 5.76 Å². The molecule has 0 amide bonds. The Hall–Kier alpha value is -2.75. The van der Waals surface area contributed by atoms with Crippen molar-refractivity contribution in [3.63, 3.8) is 0 Å². The summed E-state index contributed by atoms with van der Waals surface area (Å²) < 4.78 is 12.1. The SMILES string of the molecule is COc1ccc(-n2c(C)c(-c3ccccc3)oc2=O)cc1. The van der Waals surface area contributed by atoms with Gasteiger partial charge in [0.2, 0.25) is 0 Å². The molecule has 21 heavy (non-hydrogen) atoms. The Labute approximate surface area is 122 Å². The second-order valence-electron chi connectivity index (χ2n) is 4.68. The fraction of sp³-hybridized carbons (Fsp3) is 0.118. The third-order valence-electron chi connectivity index (χ3n) is 3.40. The molecule has 1 heterocycles. The number of benzene rings is 2. The summed E-state index contributed by atoms with van der Waals surface area (Å²) >= 11 is 0. The fourth-order valence-electron chi connectivity index (χ4n) is 2.33. The van der Waals surface area contributed by atoms with E-state index in [4.69, 9.17) is 9.15 Å². The standard InChI is InChI=1S/C17H15NO3/c1-12-16(13-6-4-3-5-7-13)21-17(19)18(12)14-8-10-15(20-2)11-9-14/h3-11H,1-2H3. The van der Waals surface area contributed by atoms with Gasteiger partial charge < -0.3 is 9.15 Å². The molecule has 2 aromatic carbocycles. The highest BCUT2D eigenvalue weighted by Gasteiger charge is 2.15. The summed E-state index contributed by atoms with van der Waals surface area (Å²) in [4.78, 5) is 12.2. The summed E-state index contributed by atoms with van der Waals surface area (Å²) in [7, 11) is 1.61. The second-order valence-corrected chi connectivity index (χ2v) is 4.68. The van der Waals surface area contributed by atoms with Gasteiger partial charge in [-0.3, -0.25) is 0 Å². The lowest BCUT2D eigenvalue weighted by Crippen LogP contribution is -2.13. The van der Waals surface area contributed by atoms with Gasteiger partial charge in [-0.2, -0.15) is 0 Å². The maximum absolute atomic E-state index is 12.2. The Balaban J connectivity index is 2.12. The average molecular weight is 281 g/mol. The molecule has 0 aliphatic rings. The van der Waals surface area contributed by atoms with Gasteiger partial charge in [-0.15, -0.1) is 0 Å². The van der Waals surface area contributed by atoms with Crippen LogP contribution in [-0.2, 0) is 0 Å². The van der Waals surface area contributed by atoms with Gasteiger partial charge in [0, 0.05) is 5.56 Å². The highest BCUT2D eigenvalue weighted by Crippen LogP contribution is 2.24. The first-order chi connectivity index (χ1) is 10.2. The summed E-state index contributed by atoms with van der Waals surface area (Å²) in [6.07, 6.45) is 0. The molecule has 4 nitrogen and oxygen atoms in total. The second kappa shape index (κ2) is 5.32. The van der Waals surface area contributed by atoms with Crippen LogP contribution in [0.2, 0.25) is 0 Å². The molecular formula is C17H15NO3. The summed E-state index contributed by atoms with van der Waals surface area (Å²) in [6, 6.07) is 16.9. The molecule has 0 aliphatic carbocycles. The van der Waals surface area contributed by atoms with E-state index in [0.717, 1.165) is 22.7 Å². The summed E-state index contributed by atoms with van der Waals surface area (Å²) in [5.41, 5.74) is 2.42. The Kier molecular flexibility index (Phi) is 3.36. The predicted octanol–water partition coefficient (Wildman–Crippen LogP) is 3.41. The van der Waals surface area contributed by atoms with Crippen LogP contribution in [0.5, 0.6) is 5.75 Å². The molecule has 3 rings (SSSR count). The molecule has 0 saturated heterocycles. The maximum atomic E-state index is 12.2. The van der Waals surface area contributed by atoms with Crippen LogP contribution in [0.4, 0.5) is 0 Å². The number of hydrogen-bond acceptors (Lipinski definition) is 3. The molecule has 4 heteroatoms. The van der Waals surface area contributed by atoms with Crippen molar-refractivity contribution >= 4 is 0 Å². The third-order valence-corrected chi connectivity index (χ3v) is 3.40. The van der Waals surface area contributed by atoms with Gasteiger partial charge in [-0.05, 0) is 31.2 Å². The lowest BCUT2D eigenvalue weighted by Gasteiger charge is -2.05. The molecule has 1 aromatic heterocycles. The molecule has 3 aromatic rings. The van der Waals surface area contributed by atoms with E-state index in [1.165, 1.54) is 0 Å². The van der Waals surface area contributed by atoms with Crippen molar-refractivity contribution in [3.05, 3.63) is 70.8 Å². The van der Waals surface area contributed by atoms with Gasteiger partial charge >= 0.3 is 5.76 Å². The lowest BCUT2D eigenvalue weighted by atomic mass is 10.1. The summed E-state index contributed by atoms with van der Waals surface area (Å²) in [6.45, 7) is 1.87. The summed E-state index contributed by atoms with van der Waals surface area (Å²) in [5.74, 6) is 0.948. The molecule has 0 fully saturated rings. The number of ether oxygens (including phenoxy) is 1. The van der Waals surface area contributed by atoms with Gasteiger partial charge in [0.1, 0.15) is 5.75 Å². The number of methoxy groups -OCH3 is 1. The van der Waals surface area contributed by atoms with Gasteiger partial charge in [0.25, 0.3) is 0 Å². The number of rotatable bonds is 3. The number of hydrogen-bond donors (Lipinski definition) is 0. The van der Waals surface area contributed by atoms with Crippen LogP contribution in [-0.4, -0.2) is 11.7 Å². The van der Waals surface area contributed by atoms with Crippen molar-refractivity contribution < 1.29 is 9.15 Å². The number of oxazole rings is 1. The predicted molar refractivity (Wildman–Crippen MR) is 81.0 cm³/mol. The molecule has 0 unspecified atom stereocenters. The Bertz CT molecular complexity index is 798. The van der Waals surface area contributed by atoms with Crippen LogP contribution in [0.3, 0.4) is 0 Å². The molecule has 0 radical (unpaired) electrons. The summed E-state index contributed by atoms with van der Waals surface area (Å²) in [5, 5.41) is 0. The molecule has 0 spiro atoms. The van der Waals surface area contributed by atoms with Gasteiger partial charge in [-0.1, -0.05) is 30.3 Å². The normalized spacial score (nSPS) is 10.6. The fourth-order valence-corrected chi connectivity index (χ4v) is 2.33. The largest absolute Gasteiger partial charge is 0.497 e. The Morgan fingerprint density at radius 2 is 1.67 bits per heavy atom. The van der Waals surface area contributed by atoms with Crippen LogP contribution in [0.1, 0.15) is 5.69 Å². The molecular weight excluding hydrogens is 266 g/mol. The quantitative estimate of drug-likeness (QED) is 0.739. The first-order valence-corrected chi connectivity index (χ1v) is 6.63. The van der Waals surface area contributed by atoms with Crippen molar-refractivity contribution in [3.8, 4) is 22.8 Å². The van der Waals surface area contributed by atoms with Crippen molar-refractivity contribution in [2.75, 3.05) is 7.11 Å². The minimum Gasteiger partial charge on any atom is -0.497 e. The van der Waals surface area contributed by atoms with Crippen LogP contribution in [0.15, 0.2) is 63.8 Å². The zero-order chi connectivity index (χ0) is 14.8. The van der Waals surface area contributed by atoms with Crippen LogP contribution in [0.25, 0.3) is 17.0 Å². The lowest BCUT2D eigenvalue weighted by molar-refractivity contribution is 0.414. The topological polar surface area (TPSA) is 44.4 Å². The monoisotopic (exact) mass is 281 g/mol. The van der Waals surface area contributed by atoms with Crippen molar-refractivity contribution in [2.24, 2.45) is 0 Å². The molecule has 0 N–H and O–H groups in total. The molecule has 106 valence electrons. The molecule has 0 aliphatic heterocycles. The third kappa shape index (κ3) is 2.36. The van der Waals surface area contributed by atoms with Gasteiger partial charge in [-0.25, -0.2) is 9.36 Å². The van der Waals surface area contributed by atoms with E-state index >= 15 is 0 Å². The van der Waals surface area contributed by atoms with Crippen LogP contribution >= 0.6 is 0 Å². The van der Waals surface area contributed by atoms with Crippen molar-refractivity contribution in [1.29, 1.82) is 0 Å². The zero-order valence-electron chi connectivity index (χ0n) is 11.9. The smallest absolute Gasteiger partial charge is 0.424 e. The van der Waals surface area contributed by atoms with Crippen LogP contribution in [0, 0.1) is 6.92 Å². The molecule has 0 saturated carbocycles. The highest BCUT2D eigenvalue weighted by atomic mass is 16.5. The van der Waals surface area contributed by atoms with Crippen LogP contribution < -0.4 is 10.5 Å². The Morgan fingerprint density at radius 3 is 2.29 bits per heavy atom. The molecule has 0 bridgehead atoms. The first kappa shape index (κ1) is 13.2. The van der Waals surface area contributed by atoms with Crippen molar-refractivity contribution in [1.82, 2.24) is 4.57 Å². The van der Waals surface area contributed by atoms with Crippen molar-refractivity contribution in [2.45, 2.75) is 6.92 Å². The Morgan fingerprint density at radius 1 is 1.00 bits per heavy atom. The minimum absolute atomic E-state index is 0.392. The van der Waals surface area contributed by atoms with E-state index in [1.807, 2.05) is 61.5 Å². The zero-order valence-corrected chi connectivity index (χ0v) is 11.9.